The van der Waals surface area contributed by atoms with Gasteiger partial charge in [0.15, 0.2) is 23.5 Å². The Kier molecular flexibility index (Phi) is 4.90. The van der Waals surface area contributed by atoms with Gasteiger partial charge in [-0.3, -0.25) is 0 Å². The Hall–Kier alpha value is -4.02. The molecule has 0 radical (unpaired) electrons. The second kappa shape index (κ2) is 8.28. The number of halogens is 2. The van der Waals surface area contributed by atoms with Crippen molar-refractivity contribution >= 4 is 11.0 Å². The minimum atomic E-state index is -0.764. The van der Waals surface area contributed by atoms with Gasteiger partial charge in [-0.05, 0) is 24.1 Å². The molecule has 36 heavy (non-hydrogen) atoms. The standard InChI is InChI=1S/C26H20F2N4O4/c27-15-11-16-23(32-26(31-16)36-20-12-34-18-7-10-33-24(18)20)22(28)21(15)14-3-1-13(2-4-14)17-5-6-19(35-17)25-29-8-9-30-25/h1-6,8-9,11,18,20,24H,7,10,12H2,(H,29,30)(H,31,32)/t18-,20-,24+/m1/s1. The molecule has 2 aliphatic rings. The van der Waals surface area contributed by atoms with Gasteiger partial charge in [0, 0.05) is 30.6 Å². The van der Waals surface area contributed by atoms with Crippen molar-refractivity contribution in [2.24, 2.45) is 0 Å². The number of aromatic nitrogens is 4. The summed E-state index contributed by atoms with van der Waals surface area (Å²) < 4.78 is 53.6. The van der Waals surface area contributed by atoms with Crippen molar-refractivity contribution in [3.8, 4) is 40.0 Å². The van der Waals surface area contributed by atoms with Crippen LogP contribution in [0.5, 0.6) is 6.01 Å². The van der Waals surface area contributed by atoms with E-state index in [0.717, 1.165) is 12.0 Å². The zero-order valence-corrected chi connectivity index (χ0v) is 18.8. The van der Waals surface area contributed by atoms with E-state index < -0.39 is 11.6 Å². The number of nitrogens with zero attached hydrogens (tertiary/aromatic N) is 2. The van der Waals surface area contributed by atoms with E-state index in [4.69, 9.17) is 18.6 Å². The molecular weight excluding hydrogens is 470 g/mol. The van der Waals surface area contributed by atoms with Crippen LogP contribution in [0.15, 0.2) is 59.3 Å². The van der Waals surface area contributed by atoms with E-state index >= 15 is 8.78 Å². The minimum absolute atomic E-state index is 0.000961. The topological polar surface area (TPSA) is 98.2 Å². The van der Waals surface area contributed by atoms with Crippen LogP contribution in [-0.4, -0.2) is 51.5 Å². The number of hydrogen-bond acceptors (Lipinski definition) is 6. The van der Waals surface area contributed by atoms with Crippen LogP contribution in [0.25, 0.3) is 45.1 Å². The van der Waals surface area contributed by atoms with Crippen LogP contribution in [0.3, 0.4) is 0 Å². The molecule has 8 nitrogen and oxygen atoms in total. The molecule has 3 aromatic heterocycles. The highest BCUT2D eigenvalue weighted by Crippen LogP contribution is 2.35. The van der Waals surface area contributed by atoms with E-state index in [9.17, 15) is 0 Å². The van der Waals surface area contributed by atoms with Crippen LogP contribution in [0.1, 0.15) is 6.42 Å². The zero-order chi connectivity index (χ0) is 24.2. The molecule has 3 atom stereocenters. The largest absolute Gasteiger partial charge is 0.456 e. The monoisotopic (exact) mass is 490 g/mol. The molecule has 7 rings (SSSR count). The van der Waals surface area contributed by atoms with Crippen LogP contribution in [-0.2, 0) is 9.47 Å². The maximum absolute atomic E-state index is 15.5. The number of rotatable bonds is 5. The Morgan fingerprint density at radius 1 is 1.00 bits per heavy atom. The van der Waals surface area contributed by atoms with Crippen LogP contribution in [0.4, 0.5) is 8.78 Å². The lowest BCUT2D eigenvalue weighted by molar-refractivity contribution is 0.0273. The first kappa shape index (κ1) is 21.3. The Morgan fingerprint density at radius 2 is 1.83 bits per heavy atom. The lowest BCUT2D eigenvalue weighted by Crippen LogP contribution is -2.32. The molecule has 2 fully saturated rings. The highest BCUT2D eigenvalue weighted by Gasteiger charge is 2.43. The predicted molar refractivity (Wildman–Crippen MR) is 125 cm³/mol. The van der Waals surface area contributed by atoms with Crippen molar-refractivity contribution in [2.45, 2.75) is 24.7 Å². The third-order valence-electron chi connectivity index (χ3n) is 6.63. The first-order valence-electron chi connectivity index (χ1n) is 11.6. The fourth-order valence-electron chi connectivity index (χ4n) is 4.87. The summed E-state index contributed by atoms with van der Waals surface area (Å²) in [4.78, 5) is 14.3. The number of hydrogen-bond donors (Lipinski definition) is 2. The highest BCUT2D eigenvalue weighted by molar-refractivity contribution is 5.84. The van der Waals surface area contributed by atoms with E-state index in [0.29, 0.717) is 36.1 Å². The summed E-state index contributed by atoms with van der Waals surface area (Å²) in [6.45, 7) is 0.974. The van der Waals surface area contributed by atoms with E-state index in [1.165, 1.54) is 6.07 Å². The van der Waals surface area contributed by atoms with Gasteiger partial charge in [-0.15, -0.1) is 0 Å². The Morgan fingerprint density at radius 3 is 2.67 bits per heavy atom. The van der Waals surface area contributed by atoms with Gasteiger partial charge in [0.25, 0.3) is 6.01 Å². The number of imidazole rings is 2. The van der Waals surface area contributed by atoms with Crippen molar-refractivity contribution in [3.05, 3.63) is 66.5 Å². The number of fused-ring (bicyclic) bond motifs is 2. The van der Waals surface area contributed by atoms with Crippen LogP contribution in [0.2, 0.25) is 0 Å². The SMILES string of the molecule is Fc1cc2[nH]c(O[C@@H]3CO[C@@H]4CCO[C@@H]43)nc2c(F)c1-c1ccc(-c2ccc(-c3ncc[nH]3)o2)cc1. The van der Waals surface area contributed by atoms with E-state index in [-0.39, 0.29) is 40.9 Å². The average Bonchev–Trinajstić information content (AvgIpc) is 3.69. The van der Waals surface area contributed by atoms with Gasteiger partial charge in [-0.1, -0.05) is 24.3 Å². The quantitative estimate of drug-likeness (QED) is 0.356. The molecule has 2 aliphatic heterocycles. The number of H-pyrrole nitrogens is 2. The van der Waals surface area contributed by atoms with Gasteiger partial charge in [0.05, 0.1) is 23.8 Å². The summed E-state index contributed by atoms with van der Waals surface area (Å²) in [5.74, 6) is 0.359. The van der Waals surface area contributed by atoms with Crippen molar-refractivity contribution in [3.63, 3.8) is 0 Å². The molecular formula is C26H20F2N4O4. The Bertz CT molecular complexity index is 1540. The van der Waals surface area contributed by atoms with Crippen molar-refractivity contribution in [1.29, 1.82) is 0 Å². The molecule has 2 saturated heterocycles. The second-order valence-corrected chi connectivity index (χ2v) is 8.82. The van der Waals surface area contributed by atoms with E-state index in [1.54, 1.807) is 36.7 Å². The molecule has 0 saturated carbocycles. The van der Waals surface area contributed by atoms with Crippen molar-refractivity contribution < 1.29 is 27.4 Å². The fourth-order valence-corrected chi connectivity index (χ4v) is 4.87. The molecule has 0 amide bonds. The first-order chi connectivity index (χ1) is 17.6. The molecule has 0 unspecified atom stereocenters. The molecule has 10 heteroatoms. The summed E-state index contributed by atoms with van der Waals surface area (Å²) in [5, 5.41) is 0. The van der Waals surface area contributed by atoms with Crippen LogP contribution < -0.4 is 4.74 Å². The van der Waals surface area contributed by atoms with E-state index in [1.807, 2.05) is 12.1 Å². The second-order valence-electron chi connectivity index (χ2n) is 8.82. The molecule has 0 spiro atoms. The highest BCUT2D eigenvalue weighted by atomic mass is 19.1. The lowest BCUT2D eigenvalue weighted by atomic mass is 10.0. The zero-order valence-electron chi connectivity index (χ0n) is 18.8. The summed E-state index contributed by atoms with van der Waals surface area (Å²) in [6, 6.07) is 11.8. The minimum Gasteiger partial charge on any atom is -0.456 e. The van der Waals surface area contributed by atoms with Gasteiger partial charge in [0.1, 0.15) is 23.2 Å². The third-order valence-corrected chi connectivity index (χ3v) is 6.63. The fraction of sp³-hybridized carbons (Fsp3) is 0.231. The summed E-state index contributed by atoms with van der Waals surface area (Å²) in [5.41, 5.74) is 1.20. The van der Waals surface area contributed by atoms with Gasteiger partial charge in [-0.2, -0.15) is 4.98 Å². The maximum atomic E-state index is 15.5. The van der Waals surface area contributed by atoms with Crippen LogP contribution >= 0.6 is 0 Å². The summed E-state index contributed by atoms with van der Waals surface area (Å²) >= 11 is 0. The molecule has 5 aromatic rings. The lowest BCUT2D eigenvalue weighted by Gasteiger charge is -2.15. The smallest absolute Gasteiger partial charge is 0.295 e. The van der Waals surface area contributed by atoms with Crippen molar-refractivity contribution in [1.82, 2.24) is 19.9 Å². The van der Waals surface area contributed by atoms with Crippen LogP contribution in [0, 0.1) is 11.6 Å². The molecule has 2 aromatic carbocycles. The van der Waals surface area contributed by atoms with Crippen molar-refractivity contribution in [2.75, 3.05) is 13.2 Å². The summed E-state index contributed by atoms with van der Waals surface area (Å²) in [7, 11) is 0. The summed E-state index contributed by atoms with van der Waals surface area (Å²) in [6.07, 6.45) is 3.64. The third kappa shape index (κ3) is 3.49. The molecule has 2 N–H and O–H groups in total. The normalized spacial score (nSPS) is 21.3. The Balaban J connectivity index is 1.17. The number of ether oxygens (including phenoxy) is 3. The average molecular weight is 490 g/mol. The Labute approximate surface area is 203 Å². The van der Waals surface area contributed by atoms with Gasteiger partial charge in [0.2, 0.25) is 0 Å². The van der Waals surface area contributed by atoms with E-state index in [2.05, 4.69) is 19.9 Å². The molecule has 0 bridgehead atoms. The number of aromatic amines is 2. The molecule has 0 aliphatic carbocycles. The predicted octanol–water partition coefficient (Wildman–Crippen LogP) is 5.09. The first-order valence-corrected chi connectivity index (χ1v) is 11.6. The molecule has 182 valence electrons. The van der Waals surface area contributed by atoms with Gasteiger partial charge < -0.3 is 28.6 Å². The maximum Gasteiger partial charge on any atom is 0.295 e. The van der Waals surface area contributed by atoms with Gasteiger partial charge >= 0.3 is 0 Å². The number of nitrogens with one attached hydrogen (secondary N) is 2. The number of benzene rings is 2. The molecule has 5 heterocycles. The van der Waals surface area contributed by atoms with Gasteiger partial charge in [-0.25, -0.2) is 13.8 Å². The number of furan rings is 1.